The van der Waals surface area contributed by atoms with Crippen LogP contribution in [0.3, 0.4) is 0 Å². The highest BCUT2D eigenvalue weighted by molar-refractivity contribution is 6.39. The van der Waals surface area contributed by atoms with Crippen molar-refractivity contribution in [3.8, 4) is 0 Å². The maximum Gasteiger partial charge on any atom is 0.419 e. The number of guanidine groups is 2. The smallest absolute Gasteiger partial charge is 0.419 e. The third kappa shape index (κ3) is 13.1. The van der Waals surface area contributed by atoms with Gasteiger partial charge in [-0.25, -0.2) is 39.4 Å². The van der Waals surface area contributed by atoms with Crippen molar-refractivity contribution >= 4 is 93.6 Å². The predicted molar refractivity (Wildman–Crippen MR) is 199 cm³/mol. The van der Waals surface area contributed by atoms with Crippen LogP contribution in [0.25, 0.3) is 0 Å². The van der Waals surface area contributed by atoms with Crippen molar-refractivity contribution in [3.05, 3.63) is 56.5 Å². The van der Waals surface area contributed by atoms with Crippen molar-refractivity contribution in [2.45, 2.75) is 65.0 Å². The van der Waals surface area contributed by atoms with Gasteiger partial charge in [-0.1, -0.05) is 58.5 Å². The third-order valence-corrected chi connectivity index (χ3v) is 8.58. The lowest BCUT2D eigenvalue weighted by Gasteiger charge is -2.26. The van der Waals surface area contributed by atoms with Crippen molar-refractivity contribution in [1.82, 2.24) is 20.8 Å². The average Bonchev–Trinajstić information content (AvgIpc) is 3.76. The molecule has 0 bridgehead atoms. The molecule has 0 aliphatic carbocycles. The quantitative estimate of drug-likeness (QED) is 0.0790. The van der Waals surface area contributed by atoms with Crippen LogP contribution in [0.5, 0.6) is 0 Å². The molecule has 0 spiro atoms. The first-order valence-electron chi connectivity index (χ1n) is 17.1. The molecule has 2 aliphatic rings. The number of ether oxygens (including phenoxy) is 4. The van der Waals surface area contributed by atoms with Crippen molar-refractivity contribution in [1.29, 1.82) is 0 Å². The van der Waals surface area contributed by atoms with Crippen molar-refractivity contribution in [3.63, 3.8) is 0 Å². The number of benzene rings is 2. The highest BCUT2D eigenvalue weighted by atomic mass is 35.5. The van der Waals surface area contributed by atoms with Crippen LogP contribution in [-0.2, 0) is 47.8 Å². The fourth-order valence-corrected chi connectivity index (χ4v) is 5.87. The Morgan fingerprint density at radius 1 is 0.667 bits per heavy atom. The zero-order valence-corrected chi connectivity index (χ0v) is 32.5. The van der Waals surface area contributed by atoms with E-state index in [2.05, 4.69) is 20.6 Å². The number of nitrogens with one attached hydrogen (secondary N) is 2. The fraction of sp³-hybridized carbons (Fsp3) is 0.471. The summed E-state index contributed by atoms with van der Waals surface area (Å²) in [6, 6.07) is 9.82. The highest BCUT2D eigenvalue weighted by Crippen LogP contribution is 2.34. The largest absolute Gasteiger partial charge is 0.466 e. The number of para-hydroxylation sites is 2. The van der Waals surface area contributed by atoms with Gasteiger partial charge in [0.25, 0.3) is 0 Å². The van der Waals surface area contributed by atoms with E-state index in [9.17, 15) is 19.2 Å². The third-order valence-electron chi connectivity index (χ3n) is 7.36. The molecule has 0 saturated carbocycles. The van der Waals surface area contributed by atoms with Gasteiger partial charge >= 0.3 is 23.9 Å². The fourth-order valence-electron chi connectivity index (χ4n) is 4.90. The van der Waals surface area contributed by atoms with Crippen LogP contribution in [0.2, 0.25) is 20.1 Å². The first kappa shape index (κ1) is 42.7. The normalized spacial score (nSPS) is 16.5. The van der Waals surface area contributed by atoms with Gasteiger partial charge < -0.3 is 29.6 Å². The summed E-state index contributed by atoms with van der Waals surface area (Å²) in [4.78, 5) is 71.4. The van der Waals surface area contributed by atoms with Crippen molar-refractivity contribution in [2.75, 3.05) is 39.4 Å². The minimum Gasteiger partial charge on any atom is -0.466 e. The van der Waals surface area contributed by atoms with Crippen LogP contribution in [0.4, 0.5) is 11.4 Å². The Hall–Kier alpha value is -4.06. The van der Waals surface area contributed by atoms with E-state index in [1.807, 2.05) is 0 Å². The predicted octanol–water partition coefficient (Wildman–Crippen LogP) is 5.85. The van der Waals surface area contributed by atoms with Crippen LogP contribution < -0.4 is 10.6 Å². The standard InChI is InChI=1S/C34H40Cl4N6O10/c1-3-49-25(45)13-7-15-27(53-43-19-17-39-33(43)41-29-21(35)9-5-10-22(29)36)51-31(47)32(48)52-28(16-8-14-26(46)50-4-2)54-44-20-18-40-34(44)42-30-23(37)11-6-12-24(30)38/h5-6,9-12,27-28H,3-4,7-8,13-20H2,1-2H3,(H,39,41)(H,40,42). The minimum absolute atomic E-state index is 0.00628. The SMILES string of the molecule is CCOC(=O)CCCC(OC(=O)C(=O)OC(CCCC(=O)OCC)ON1CCNC1=Nc1c(Cl)cccc1Cl)ON1CCNC1=Nc1c(Cl)cccc1Cl. The Kier molecular flexibility index (Phi) is 17.2. The van der Waals surface area contributed by atoms with Crippen molar-refractivity contribution in [2.24, 2.45) is 9.98 Å². The Bertz CT molecular complexity index is 1540. The number of hydroxylamine groups is 4. The maximum absolute atomic E-state index is 13.2. The van der Waals surface area contributed by atoms with Crippen molar-refractivity contribution < 1.29 is 47.8 Å². The highest BCUT2D eigenvalue weighted by Gasteiger charge is 2.32. The van der Waals surface area contributed by atoms with Crippen LogP contribution in [0.1, 0.15) is 52.4 Å². The molecule has 2 aliphatic heterocycles. The molecule has 0 radical (unpaired) electrons. The molecule has 2 aromatic carbocycles. The Morgan fingerprint density at radius 3 is 1.39 bits per heavy atom. The molecule has 0 aromatic heterocycles. The number of esters is 4. The van der Waals surface area contributed by atoms with Crippen LogP contribution in [-0.4, -0.2) is 97.9 Å². The molecule has 4 rings (SSSR count). The molecule has 2 atom stereocenters. The Labute approximate surface area is 331 Å². The lowest BCUT2D eigenvalue weighted by molar-refractivity contribution is -0.256. The summed E-state index contributed by atoms with van der Waals surface area (Å²) < 4.78 is 20.9. The van der Waals surface area contributed by atoms with E-state index in [-0.39, 0.29) is 88.1 Å². The summed E-state index contributed by atoms with van der Waals surface area (Å²) in [5.74, 6) is -3.32. The summed E-state index contributed by atoms with van der Waals surface area (Å²) in [6.45, 7) is 5.08. The first-order valence-corrected chi connectivity index (χ1v) is 18.6. The number of halogens is 4. The van der Waals surface area contributed by atoms with E-state index < -0.39 is 36.5 Å². The van der Waals surface area contributed by atoms with E-state index in [1.54, 1.807) is 50.2 Å². The summed E-state index contributed by atoms with van der Waals surface area (Å²) in [5.41, 5.74) is 0.562. The number of aliphatic imine (C=N–C) groups is 2. The number of hydrogen-bond donors (Lipinski definition) is 2. The molecular formula is C34H40Cl4N6O10. The van der Waals surface area contributed by atoms with Gasteiger partial charge in [-0.15, -0.1) is 0 Å². The molecule has 2 aromatic rings. The van der Waals surface area contributed by atoms with E-state index in [1.165, 1.54) is 10.1 Å². The molecule has 2 fully saturated rings. The minimum atomic E-state index is -1.41. The van der Waals surface area contributed by atoms with Gasteiger partial charge in [-0.05, 0) is 51.0 Å². The molecule has 20 heteroatoms. The maximum atomic E-state index is 13.2. The molecular weight excluding hydrogens is 794 g/mol. The lowest BCUT2D eigenvalue weighted by atomic mass is 10.2. The van der Waals surface area contributed by atoms with Crippen LogP contribution >= 0.6 is 46.4 Å². The van der Waals surface area contributed by atoms with E-state index in [0.29, 0.717) is 33.2 Å². The van der Waals surface area contributed by atoms with Crippen LogP contribution in [0, 0.1) is 0 Å². The van der Waals surface area contributed by atoms with E-state index >= 15 is 0 Å². The molecule has 294 valence electrons. The molecule has 0 amide bonds. The molecule has 2 heterocycles. The number of carbonyl (C=O) groups is 4. The zero-order chi connectivity index (χ0) is 39.0. The Balaban J connectivity index is 1.48. The van der Waals surface area contributed by atoms with Gasteiger partial charge in [0.1, 0.15) is 11.4 Å². The van der Waals surface area contributed by atoms with E-state index in [4.69, 9.17) is 75.0 Å². The van der Waals surface area contributed by atoms with Gasteiger partial charge in [0.15, 0.2) is 0 Å². The van der Waals surface area contributed by atoms with Gasteiger partial charge in [-0.2, -0.15) is 0 Å². The monoisotopic (exact) mass is 832 g/mol. The van der Waals surface area contributed by atoms with Crippen LogP contribution in [0.15, 0.2) is 46.4 Å². The van der Waals surface area contributed by atoms with Gasteiger partial charge in [-0.3, -0.25) is 9.59 Å². The first-order chi connectivity index (χ1) is 26.0. The lowest BCUT2D eigenvalue weighted by Crippen LogP contribution is -2.39. The molecule has 16 nitrogen and oxygen atoms in total. The topological polar surface area (TPSA) is 179 Å². The van der Waals surface area contributed by atoms with E-state index in [0.717, 1.165) is 0 Å². The summed E-state index contributed by atoms with van der Waals surface area (Å²) in [6.07, 6.45) is -2.45. The second-order valence-corrected chi connectivity index (χ2v) is 13.0. The van der Waals surface area contributed by atoms with Gasteiger partial charge in [0, 0.05) is 38.8 Å². The summed E-state index contributed by atoms with van der Waals surface area (Å²) >= 11 is 25.2. The molecule has 2 unspecified atom stereocenters. The Morgan fingerprint density at radius 2 is 1.04 bits per heavy atom. The molecule has 54 heavy (non-hydrogen) atoms. The zero-order valence-electron chi connectivity index (χ0n) is 29.5. The van der Waals surface area contributed by atoms with Gasteiger partial charge in [0.05, 0.1) is 46.4 Å². The average molecular weight is 835 g/mol. The number of nitrogens with zero attached hydrogens (tertiary/aromatic N) is 4. The number of hydrogen-bond acceptors (Lipinski definition) is 12. The number of carbonyl (C=O) groups excluding carboxylic acids is 4. The van der Waals surface area contributed by atoms with Gasteiger partial charge in [0.2, 0.25) is 24.5 Å². The molecule has 2 N–H and O–H groups in total. The second-order valence-electron chi connectivity index (χ2n) is 11.3. The second kappa shape index (κ2) is 21.7. The number of rotatable bonds is 18. The summed E-state index contributed by atoms with van der Waals surface area (Å²) in [5, 5.41) is 9.90. The summed E-state index contributed by atoms with van der Waals surface area (Å²) in [7, 11) is 0. The molecule has 2 saturated heterocycles.